The van der Waals surface area contributed by atoms with Gasteiger partial charge in [-0.1, -0.05) is 48.5 Å². The second-order valence-electron chi connectivity index (χ2n) is 4.94. The molecule has 0 aliphatic rings. The smallest absolute Gasteiger partial charge is 0.258 e. The van der Waals surface area contributed by atoms with Gasteiger partial charge in [0.1, 0.15) is 5.65 Å². The van der Waals surface area contributed by atoms with Gasteiger partial charge in [-0.05, 0) is 22.9 Å². The highest BCUT2D eigenvalue weighted by molar-refractivity contribution is 5.95. The zero-order valence-electron chi connectivity index (χ0n) is 11.2. The van der Waals surface area contributed by atoms with Crippen molar-refractivity contribution in [2.45, 2.75) is 0 Å². The Balaban J connectivity index is 2.07. The van der Waals surface area contributed by atoms with Crippen LogP contribution in [0.4, 0.5) is 0 Å². The standard InChI is InChI=1S/C18H12N2O/c21-18-12-16(19-17-10-3-4-11-20(17)18)15-9-5-7-13-6-1-2-8-14(13)15/h1-12H. The molecule has 3 nitrogen and oxygen atoms in total. The summed E-state index contributed by atoms with van der Waals surface area (Å²) >= 11 is 0. The third-order valence-electron chi connectivity index (χ3n) is 3.64. The third-order valence-corrected chi connectivity index (χ3v) is 3.64. The molecule has 2 aromatic heterocycles. The lowest BCUT2D eigenvalue weighted by Crippen LogP contribution is -2.13. The zero-order valence-corrected chi connectivity index (χ0v) is 11.2. The molecule has 0 saturated carbocycles. The average molecular weight is 272 g/mol. The van der Waals surface area contributed by atoms with Crippen molar-refractivity contribution in [2.24, 2.45) is 0 Å². The van der Waals surface area contributed by atoms with E-state index in [1.165, 1.54) is 0 Å². The molecule has 4 aromatic rings. The predicted molar refractivity (Wildman–Crippen MR) is 84.4 cm³/mol. The van der Waals surface area contributed by atoms with E-state index in [9.17, 15) is 4.79 Å². The van der Waals surface area contributed by atoms with E-state index >= 15 is 0 Å². The summed E-state index contributed by atoms with van der Waals surface area (Å²) in [5.41, 5.74) is 2.29. The number of hydrogen-bond acceptors (Lipinski definition) is 2. The largest absolute Gasteiger partial charge is 0.269 e. The van der Waals surface area contributed by atoms with E-state index in [1.807, 2.05) is 42.5 Å². The van der Waals surface area contributed by atoms with Crippen molar-refractivity contribution < 1.29 is 0 Å². The van der Waals surface area contributed by atoms with Crippen molar-refractivity contribution in [1.29, 1.82) is 0 Å². The number of pyridine rings is 1. The molecule has 0 aliphatic carbocycles. The van der Waals surface area contributed by atoms with Gasteiger partial charge >= 0.3 is 0 Å². The van der Waals surface area contributed by atoms with Crippen molar-refractivity contribution in [3.63, 3.8) is 0 Å². The summed E-state index contributed by atoms with van der Waals surface area (Å²) < 4.78 is 1.55. The maximum Gasteiger partial charge on any atom is 0.258 e. The van der Waals surface area contributed by atoms with E-state index in [0.29, 0.717) is 11.3 Å². The number of fused-ring (bicyclic) bond motifs is 2. The van der Waals surface area contributed by atoms with E-state index in [1.54, 1.807) is 16.7 Å². The fourth-order valence-corrected chi connectivity index (χ4v) is 2.64. The van der Waals surface area contributed by atoms with Crippen LogP contribution in [0.3, 0.4) is 0 Å². The van der Waals surface area contributed by atoms with Crippen LogP contribution in [-0.2, 0) is 0 Å². The minimum Gasteiger partial charge on any atom is -0.269 e. The zero-order chi connectivity index (χ0) is 14.2. The van der Waals surface area contributed by atoms with E-state index in [-0.39, 0.29) is 5.56 Å². The van der Waals surface area contributed by atoms with E-state index in [0.717, 1.165) is 16.3 Å². The third kappa shape index (κ3) is 1.91. The number of rotatable bonds is 1. The summed E-state index contributed by atoms with van der Waals surface area (Å²) in [7, 11) is 0. The lowest BCUT2D eigenvalue weighted by Gasteiger charge is -2.07. The fourth-order valence-electron chi connectivity index (χ4n) is 2.64. The second-order valence-corrected chi connectivity index (χ2v) is 4.94. The van der Waals surface area contributed by atoms with Crippen LogP contribution in [0.5, 0.6) is 0 Å². The summed E-state index contributed by atoms with van der Waals surface area (Å²) in [6, 6.07) is 21.3. The molecule has 0 fully saturated rings. The van der Waals surface area contributed by atoms with Crippen LogP contribution in [0.25, 0.3) is 27.7 Å². The SMILES string of the molecule is O=c1cc(-c2cccc3ccccc23)nc2ccccn12. The first-order valence-electron chi connectivity index (χ1n) is 6.79. The summed E-state index contributed by atoms with van der Waals surface area (Å²) in [6.07, 6.45) is 1.73. The predicted octanol–water partition coefficient (Wildman–Crippen LogP) is 3.51. The summed E-state index contributed by atoms with van der Waals surface area (Å²) in [5, 5.41) is 2.25. The van der Waals surface area contributed by atoms with Crippen LogP contribution in [-0.4, -0.2) is 9.38 Å². The highest BCUT2D eigenvalue weighted by atomic mass is 16.1. The molecule has 0 aliphatic heterocycles. The van der Waals surface area contributed by atoms with Crippen molar-refractivity contribution >= 4 is 16.4 Å². The van der Waals surface area contributed by atoms with Crippen molar-refractivity contribution in [3.05, 3.63) is 83.3 Å². The molecule has 3 heteroatoms. The minimum absolute atomic E-state index is 0.0662. The van der Waals surface area contributed by atoms with Gasteiger partial charge in [0.25, 0.3) is 5.56 Å². The average Bonchev–Trinajstić information content (AvgIpc) is 2.54. The van der Waals surface area contributed by atoms with E-state index in [2.05, 4.69) is 23.2 Å². The Morgan fingerprint density at radius 1 is 0.857 bits per heavy atom. The normalized spacial score (nSPS) is 11.0. The van der Waals surface area contributed by atoms with E-state index in [4.69, 9.17) is 0 Å². The Hall–Kier alpha value is -2.94. The molecule has 0 atom stereocenters. The maximum absolute atomic E-state index is 12.2. The van der Waals surface area contributed by atoms with Gasteiger partial charge in [0.2, 0.25) is 0 Å². The molecule has 0 spiro atoms. The second kappa shape index (κ2) is 4.56. The van der Waals surface area contributed by atoms with Crippen molar-refractivity contribution in [2.75, 3.05) is 0 Å². The number of hydrogen-bond donors (Lipinski definition) is 0. The number of benzene rings is 2. The topological polar surface area (TPSA) is 34.4 Å². The molecule has 21 heavy (non-hydrogen) atoms. The van der Waals surface area contributed by atoms with Gasteiger partial charge in [0.05, 0.1) is 5.69 Å². The molecule has 0 radical (unpaired) electrons. The Kier molecular flexibility index (Phi) is 2.57. The van der Waals surface area contributed by atoms with Crippen LogP contribution in [0.1, 0.15) is 0 Å². The highest BCUT2D eigenvalue weighted by Crippen LogP contribution is 2.26. The van der Waals surface area contributed by atoms with Gasteiger partial charge in [0, 0.05) is 17.8 Å². The minimum atomic E-state index is -0.0662. The van der Waals surface area contributed by atoms with Crippen molar-refractivity contribution in [3.8, 4) is 11.3 Å². The lowest BCUT2D eigenvalue weighted by molar-refractivity contribution is 1.05. The van der Waals surface area contributed by atoms with Crippen molar-refractivity contribution in [1.82, 2.24) is 9.38 Å². The first-order chi connectivity index (χ1) is 10.3. The number of nitrogens with zero attached hydrogens (tertiary/aromatic N) is 2. The summed E-state index contributed by atoms with van der Waals surface area (Å²) in [4.78, 5) is 16.9. The van der Waals surface area contributed by atoms with Crippen LogP contribution < -0.4 is 5.56 Å². The van der Waals surface area contributed by atoms with Gasteiger partial charge in [-0.3, -0.25) is 9.20 Å². The van der Waals surface area contributed by atoms with Gasteiger partial charge in [-0.15, -0.1) is 0 Å². The Bertz CT molecular complexity index is 1010. The van der Waals surface area contributed by atoms with Gasteiger partial charge in [-0.2, -0.15) is 0 Å². The Morgan fingerprint density at radius 3 is 2.62 bits per heavy atom. The fraction of sp³-hybridized carbons (Fsp3) is 0. The molecule has 0 unspecified atom stereocenters. The molecule has 100 valence electrons. The number of aromatic nitrogens is 2. The molecule has 2 aromatic carbocycles. The molecule has 0 N–H and O–H groups in total. The first kappa shape index (κ1) is 11.9. The van der Waals surface area contributed by atoms with Crippen LogP contribution in [0, 0.1) is 0 Å². The molecular formula is C18H12N2O. The van der Waals surface area contributed by atoms with Gasteiger partial charge in [0.15, 0.2) is 0 Å². The summed E-state index contributed by atoms with van der Waals surface area (Å²) in [5.74, 6) is 0. The quantitative estimate of drug-likeness (QED) is 0.531. The lowest BCUT2D eigenvalue weighted by atomic mass is 10.0. The Morgan fingerprint density at radius 2 is 1.67 bits per heavy atom. The molecule has 0 saturated heterocycles. The molecular weight excluding hydrogens is 260 g/mol. The van der Waals surface area contributed by atoms with Crippen LogP contribution in [0.15, 0.2) is 77.7 Å². The van der Waals surface area contributed by atoms with Gasteiger partial charge in [-0.25, -0.2) is 4.98 Å². The Labute approximate surface area is 121 Å². The van der Waals surface area contributed by atoms with Crippen LogP contribution >= 0.6 is 0 Å². The molecule has 0 bridgehead atoms. The molecule has 0 amide bonds. The monoisotopic (exact) mass is 272 g/mol. The molecule has 2 heterocycles. The highest BCUT2D eigenvalue weighted by Gasteiger charge is 2.07. The first-order valence-corrected chi connectivity index (χ1v) is 6.79. The van der Waals surface area contributed by atoms with Crippen LogP contribution in [0.2, 0.25) is 0 Å². The maximum atomic E-state index is 12.2. The van der Waals surface area contributed by atoms with Gasteiger partial charge < -0.3 is 0 Å². The molecule has 4 rings (SSSR count). The van der Waals surface area contributed by atoms with E-state index < -0.39 is 0 Å². The summed E-state index contributed by atoms with van der Waals surface area (Å²) in [6.45, 7) is 0.